The van der Waals surface area contributed by atoms with E-state index in [0.29, 0.717) is 12.2 Å². The minimum Gasteiger partial charge on any atom is -0.446 e. The molecule has 0 aromatic carbocycles. The predicted octanol–water partition coefficient (Wildman–Crippen LogP) is 2.59. The summed E-state index contributed by atoms with van der Waals surface area (Å²) in [5, 5.41) is 2.83. The monoisotopic (exact) mass is 403 g/mol. The molecule has 1 heterocycles. The van der Waals surface area contributed by atoms with E-state index in [9.17, 15) is 9.59 Å². The van der Waals surface area contributed by atoms with Crippen LogP contribution >= 0.6 is 22.6 Å². The van der Waals surface area contributed by atoms with E-state index in [1.165, 1.54) is 0 Å². The number of pyridine rings is 1. The predicted molar refractivity (Wildman–Crippen MR) is 86.7 cm³/mol. The Labute approximate surface area is 137 Å². The first-order valence-electron chi connectivity index (χ1n) is 6.85. The molecule has 114 valence electrons. The molecule has 1 aromatic heterocycles. The molecule has 7 heteroatoms. The van der Waals surface area contributed by atoms with Crippen LogP contribution in [-0.2, 0) is 9.53 Å². The number of nitrogens with two attached hydrogens (primary N) is 1. The molecule has 1 fully saturated rings. The minimum atomic E-state index is -0.782. The van der Waals surface area contributed by atoms with Crippen LogP contribution in [0.5, 0.6) is 0 Å². The van der Waals surface area contributed by atoms with E-state index in [2.05, 4.69) is 32.9 Å². The molecule has 1 aliphatic rings. The highest BCUT2D eigenvalue weighted by molar-refractivity contribution is 14.1. The number of hydrogen-bond acceptors (Lipinski definition) is 4. The van der Waals surface area contributed by atoms with Crippen molar-refractivity contribution in [3.63, 3.8) is 0 Å². The van der Waals surface area contributed by atoms with Crippen molar-refractivity contribution in [3.8, 4) is 0 Å². The van der Waals surface area contributed by atoms with Crippen LogP contribution in [-0.4, -0.2) is 23.1 Å². The molecular weight excluding hydrogens is 385 g/mol. The molecule has 1 aliphatic carbocycles. The van der Waals surface area contributed by atoms with E-state index in [4.69, 9.17) is 10.5 Å². The maximum atomic E-state index is 12.3. The number of aromatic nitrogens is 1. The third kappa shape index (κ3) is 4.55. The van der Waals surface area contributed by atoms with Gasteiger partial charge in [0.1, 0.15) is 11.9 Å². The quantitative estimate of drug-likeness (QED) is 0.759. The van der Waals surface area contributed by atoms with Gasteiger partial charge in [-0.1, -0.05) is 0 Å². The molecular formula is C14H18IN3O3. The summed E-state index contributed by atoms with van der Waals surface area (Å²) in [6.07, 6.45) is 3.58. The van der Waals surface area contributed by atoms with E-state index < -0.39 is 6.09 Å². The summed E-state index contributed by atoms with van der Waals surface area (Å²) in [5.74, 6) is 0.289. The lowest BCUT2D eigenvalue weighted by atomic mass is 9.86. The highest BCUT2D eigenvalue weighted by Crippen LogP contribution is 2.27. The van der Waals surface area contributed by atoms with Crippen molar-refractivity contribution < 1.29 is 14.3 Å². The van der Waals surface area contributed by atoms with Crippen molar-refractivity contribution in [2.45, 2.75) is 38.7 Å². The van der Waals surface area contributed by atoms with Crippen LogP contribution in [0, 0.1) is 16.4 Å². The first kappa shape index (κ1) is 16.0. The van der Waals surface area contributed by atoms with Gasteiger partial charge in [0.05, 0.1) is 0 Å². The topological polar surface area (TPSA) is 94.3 Å². The first-order valence-corrected chi connectivity index (χ1v) is 7.92. The van der Waals surface area contributed by atoms with Crippen LogP contribution in [0.3, 0.4) is 0 Å². The Bertz CT molecular complexity index is 550. The number of nitrogens with one attached hydrogen (secondary N) is 1. The number of rotatable bonds is 3. The zero-order valence-corrected chi connectivity index (χ0v) is 13.9. The normalized spacial score (nSPS) is 21.6. The molecule has 1 saturated carbocycles. The van der Waals surface area contributed by atoms with Gasteiger partial charge < -0.3 is 15.8 Å². The molecule has 0 saturated heterocycles. The van der Waals surface area contributed by atoms with E-state index in [0.717, 1.165) is 28.4 Å². The van der Waals surface area contributed by atoms with Gasteiger partial charge in [-0.3, -0.25) is 4.79 Å². The van der Waals surface area contributed by atoms with Crippen LogP contribution < -0.4 is 11.1 Å². The van der Waals surface area contributed by atoms with Crippen molar-refractivity contribution >= 4 is 40.4 Å². The second kappa shape index (κ2) is 7.06. The van der Waals surface area contributed by atoms with Gasteiger partial charge in [0.2, 0.25) is 5.91 Å². The van der Waals surface area contributed by atoms with Gasteiger partial charge in [0, 0.05) is 15.7 Å². The van der Waals surface area contributed by atoms with Gasteiger partial charge in [0.25, 0.3) is 0 Å². The molecule has 2 rings (SSSR count). The third-order valence-electron chi connectivity index (χ3n) is 3.57. The Morgan fingerprint density at radius 3 is 2.90 bits per heavy atom. The number of carbonyl (C=O) groups excluding carboxylic acids is 2. The molecule has 0 radical (unpaired) electrons. The van der Waals surface area contributed by atoms with Crippen molar-refractivity contribution in [3.05, 3.63) is 21.4 Å². The molecule has 21 heavy (non-hydrogen) atoms. The molecule has 0 unspecified atom stereocenters. The molecule has 0 spiro atoms. The SMILES string of the molecule is Cc1cnc(NC(=O)[C@H]2CCC[C@@H](OC(N)=O)C2)cc1I. The highest BCUT2D eigenvalue weighted by Gasteiger charge is 2.29. The smallest absolute Gasteiger partial charge is 0.404 e. The van der Waals surface area contributed by atoms with Gasteiger partial charge >= 0.3 is 6.09 Å². The molecule has 1 aromatic rings. The second-order valence-electron chi connectivity index (χ2n) is 5.23. The van der Waals surface area contributed by atoms with Gasteiger partial charge in [-0.05, 0) is 66.8 Å². The van der Waals surface area contributed by atoms with Crippen molar-refractivity contribution in [1.82, 2.24) is 4.98 Å². The van der Waals surface area contributed by atoms with E-state index in [-0.39, 0.29) is 17.9 Å². The van der Waals surface area contributed by atoms with Crippen LogP contribution in [0.1, 0.15) is 31.2 Å². The Balaban J connectivity index is 1.96. The van der Waals surface area contributed by atoms with Crippen LogP contribution in [0.2, 0.25) is 0 Å². The van der Waals surface area contributed by atoms with Crippen molar-refractivity contribution in [1.29, 1.82) is 0 Å². The fraction of sp³-hybridized carbons (Fsp3) is 0.500. The Morgan fingerprint density at radius 2 is 2.24 bits per heavy atom. The lowest BCUT2D eigenvalue weighted by Crippen LogP contribution is -2.33. The Hall–Kier alpha value is -1.38. The number of carbonyl (C=O) groups is 2. The minimum absolute atomic E-state index is 0.0834. The molecule has 0 bridgehead atoms. The number of hydrogen-bond donors (Lipinski definition) is 2. The van der Waals surface area contributed by atoms with Gasteiger partial charge in [-0.15, -0.1) is 0 Å². The second-order valence-corrected chi connectivity index (χ2v) is 6.39. The summed E-state index contributed by atoms with van der Waals surface area (Å²) >= 11 is 2.20. The summed E-state index contributed by atoms with van der Waals surface area (Å²) in [7, 11) is 0. The summed E-state index contributed by atoms with van der Waals surface area (Å²) in [5.41, 5.74) is 6.10. The van der Waals surface area contributed by atoms with Crippen LogP contribution in [0.15, 0.2) is 12.3 Å². The number of ether oxygens (including phenoxy) is 1. The molecule has 2 atom stereocenters. The van der Waals surface area contributed by atoms with Crippen molar-refractivity contribution in [2.24, 2.45) is 11.7 Å². The summed E-state index contributed by atoms with van der Waals surface area (Å²) in [6.45, 7) is 1.97. The van der Waals surface area contributed by atoms with Gasteiger partial charge in [0.15, 0.2) is 0 Å². The average molecular weight is 403 g/mol. The zero-order chi connectivity index (χ0) is 15.4. The molecule has 0 aliphatic heterocycles. The maximum Gasteiger partial charge on any atom is 0.404 e. The largest absolute Gasteiger partial charge is 0.446 e. The number of nitrogens with zero attached hydrogens (tertiary/aromatic N) is 1. The molecule has 6 nitrogen and oxygen atoms in total. The number of primary amides is 1. The number of halogens is 1. The first-order chi connectivity index (χ1) is 9.95. The Kier molecular flexibility index (Phi) is 5.38. The lowest BCUT2D eigenvalue weighted by Gasteiger charge is -2.27. The zero-order valence-electron chi connectivity index (χ0n) is 11.8. The fourth-order valence-corrected chi connectivity index (χ4v) is 2.88. The van der Waals surface area contributed by atoms with Crippen LogP contribution in [0.4, 0.5) is 10.6 Å². The van der Waals surface area contributed by atoms with E-state index in [1.807, 2.05) is 13.0 Å². The van der Waals surface area contributed by atoms with E-state index in [1.54, 1.807) is 6.20 Å². The van der Waals surface area contributed by atoms with E-state index >= 15 is 0 Å². The third-order valence-corrected chi connectivity index (χ3v) is 4.73. The Morgan fingerprint density at radius 1 is 1.48 bits per heavy atom. The maximum absolute atomic E-state index is 12.3. The average Bonchev–Trinajstić information content (AvgIpc) is 2.42. The number of anilines is 1. The summed E-state index contributed by atoms with van der Waals surface area (Å²) in [4.78, 5) is 27.3. The highest BCUT2D eigenvalue weighted by atomic mass is 127. The van der Waals surface area contributed by atoms with Gasteiger partial charge in [-0.2, -0.15) is 0 Å². The molecule has 2 amide bonds. The van der Waals surface area contributed by atoms with Crippen molar-refractivity contribution in [2.75, 3.05) is 5.32 Å². The summed E-state index contributed by atoms with van der Waals surface area (Å²) < 4.78 is 6.05. The van der Waals surface area contributed by atoms with Gasteiger partial charge in [-0.25, -0.2) is 9.78 Å². The van der Waals surface area contributed by atoms with Crippen LogP contribution in [0.25, 0.3) is 0 Å². The standard InChI is InChI=1S/C14H18IN3O3/c1-8-7-17-12(6-11(8)15)18-13(19)9-3-2-4-10(5-9)21-14(16)20/h6-7,9-10H,2-5H2,1H3,(H2,16,20)(H,17,18,19)/t9-,10+/m0/s1. The summed E-state index contributed by atoms with van der Waals surface area (Å²) in [6, 6.07) is 1.84. The fourth-order valence-electron chi connectivity index (χ4n) is 2.45. The molecule has 3 N–H and O–H groups in total. The lowest BCUT2D eigenvalue weighted by molar-refractivity contribution is -0.122. The number of aryl methyl sites for hydroxylation is 1. The number of amides is 2.